The Bertz CT molecular complexity index is 1380. The van der Waals surface area contributed by atoms with E-state index in [1.165, 1.54) is 0 Å². The third-order valence-corrected chi connectivity index (χ3v) is 6.12. The Morgan fingerprint density at radius 2 is 1.38 bits per heavy atom. The van der Waals surface area contributed by atoms with Crippen molar-refractivity contribution in [2.24, 2.45) is 5.92 Å². The lowest BCUT2D eigenvalue weighted by atomic mass is 9.83. The molecule has 3 aromatic rings. The number of carbonyl (C=O) groups is 5. The van der Waals surface area contributed by atoms with Gasteiger partial charge in [0.05, 0.1) is 5.56 Å². The fourth-order valence-electron chi connectivity index (χ4n) is 4.23. The predicted octanol–water partition coefficient (Wildman–Crippen LogP) is 3.62. The van der Waals surface area contributed by atoms with E-state index in [0.717, 1.165) is 0 Å². The van der Waals surface area contributed by atoms with Gasteiger partial charge in [0.2, 0.25) is 5.91 Å². The minimum Gasteiger partial charge on any atom is -0.481 e. The maximum Gasteiger partial charge on any atom is 0.318 e. The monoisotopic (exact) mass is 500 g/mol. The third-order valence-electron chi connectivity index (χ3n) is 6.12. The van der Waals surface area contributed by atoms with Gasteiger partial charge in [-0.15, -0.1) is 0 Å². The molecule has 0 aliphatic heterocycles. The lowest BCUT2D eigenvalue weighted by Crippen LogP contribution is -2.25. The Hall–Kier alpha value is -4.79. The van der Waals surface area contributed by atoms with Crippen molar-refractivity contribution in [1.82, 2.24) is 0 Å². The van der Waals surface area contributed by atoms with Gasteiger partial charge in [0.25, 0.3) is 0 Å². The van der Waals surface area contributed by atoms with Crippen LogP contribution in [0.4, 0.5) is 11.4 Å². The Kier molecular flexibility index (Phi) is 7.43. The van der Waals surface area contributed by atoms with E-state index >= 15 is 0 Å². The molecule has 4 N–H and O–H groups in total. The van der Waals surface area contributed by atoms with Crippen molar-refractivity contribution in [3.8, 4) is 0 Å². The molecule has 0 saturated carbocycles. The lowest BCUT2D eigenvalue weighted by Gasteiger charge is -2.20. The standard InChI is InChI=1S/C28H24N2O7/c31-23(30-17-12-10-16(11-13-17)15-21(27(34)35)28(36)37)9-4-14-29-22-8-3-7-20-24(22)26(33)19-6-2-1-5-18(19)25(20)32/h1-3,5-8,10-13,21,29H,4,9,14-15H2,(H,30,31)(H,34,35)(H,36,37). The number of amides is 1. The van der Waals surface area contributed by atoms with Gasteiger partial charge < -0.3 is 20.8 Å². The van der Waals surface area contributed by atoms with Gasteiger partial charge in [-0.05, 0) is 36.6 Å². The van der Waals surface area contributed by atoms with Crippen molar-refractivity contribution < 1.29 is 34.2 Å². The summed E-state index contributed by atoms with van der Waals surface area (Å²) in [5.41, 5.74) is 3.04. The number of benzene rings is 3. The number of hydrogen-bond acceptors (Lipinski definition) is 6. The van der Waals surface area contributed by atoms with E-state index in [2.05, 4.69) is 10.6 Å². The summed E-state index contributed by atoms with van der Waals surface area (Å²) in [5, 5.41) is 23.9. The van der Waals surface area contributed by atoms with E-state index in [4.69, 9.17) is 10.2 Å². The van der Waals surface area contributed by atoms with Gasteiger partial charge in [0.1, 0.15) is 0 Å². The molecule has 0 heterocycles. The highest BCUT2D eigenvalue weighted by Gasteiger charge is 2.31. The topological polar surface area (TPSA) is 150 Å². The molecule has 9 nitrogen and oxygen atoms in total. The van der Waals surface area contributed by atoms with Gasteiger partial charge >= 0.3 is 11.9 Å². The van der Waals surface area contributed by atoms with Crippen LogP contribution in [0.2, 0.25) is 0 Å². The van der Waals surface area contributed by atoms with Crippen LogP contribution in [-0.2, 0) is 20.8 Å². The Morgan fingerprint density at radius 3 is 2.03 bits per heavy atom. The van der Waals surface area contributed by atoms with E-state index in [-0.39, 0.29) is 30.3 Å². The highest BCUT2D eigenvalue weighted by atomic mass is 16.4. The lowest BCUT2D eigenvalue weighted by molar-refractivity contribution is -0.154. The quantitative estimate of drug-likeness (QED) is 0.190. The van der Waals surface area contributed by atoms with Crippen molar-refractivity contribution >= 4 is 40.8 Å². The van der Waals surface area contributed by atoms with Crippen LogP contribution in [-0.4, -0.2) is 46.2 Å². The number of nitrogens with one attached hydrogen (secondary N) is 2. The summed E-state index contributed by atoms with van der Waals surface area (Å²) in [6.07, 6.45) is 0.498. The molecule has 1 amide bonds. The number of rotatable bonds is 10. The zero-order chi connectivity index (χ0) is 26.5. The number of ketones is 2. The van der Waals surface area contributed by atoms with Crippen LogP contribution < -0.4 is 10.6 Å². The second-order valence-electron chi connectivity index (χ2n) is 8.64. The molecule has 37 heavy (non-hydrogen) atoms. The first-order valence-corrected chi connectivity index (χ1v) is 11.7. The molecule has 188 valence electrons. The predicted molar refractivity (Wildman–Crippen MR) is 135 cm³/mol. The minimum atomic E-state index is -1.54. The summed E-state index contributed by atoms with van der Waals surface area (Å²) in [4.78, 5) is 60.3. The number of carboxylic acids is 2. The number of fused-ring (bicyclic) bond motifs is 2. The van der Waals surface area contributed by atoms with Crippen LogP contribution in [0.5, 0.6) is 0 Å². The molecule has 0 spiro atoms. The first-order valence-electron chi connectivity index (χ1n) is 11.7. The SMILES string of the molecule is O=C(CCCNc1cccc2c1C(=O)c1ccccc1C2=O)Nc1ccc(CC(C(=O)O)C(=O)O)cc1. The molecular weight excluding hydrogens is 476 g/mol. The van der Waals surface area contributed by atoms with E-state index < -0.39 is 17.9 Å². The Labute approximate surface area is 212 Å². The van der Waals surface area contributed by atoms with E-state index in [0.29, 0.717) is 52.2 Å². The van der Waals surface area contributed by atoms with Gasteiger partial charge in [-0.1, -0.05) is 48.5 Å². The van der Waals surface area contributed by atoms with Crippen molar-refractivity contribution in [1.29, 1.82) is 0 Å². The van der Waals surface area contributed by atoms with Crippen molar-refractivity contribution in [2.75, 3.05) is 17.2 Å². The average Bonchev–Trinajstić information content (AvgIpc) is 2.88. The third kappa shape index (κ3) is 5.56. The largest absolute Gasteiger partial charge is 0.481 e. The number of carbonyl (C=O) groups excluding carboxylic acids is 3. The number of hydrogen-bond donors (Lipinski definition) is 4. The molecular formula is C28H24N2O7. The molecule has 0 saturated heterocycles. The van der Waals surface area contributed by atoms with Crippen LogP contribution in [0.25, 0.3) is 0 Å². The van der Waals surface area contributed by atoms with Crippen LogP contribution in [0.3, 0.4) is 0 Å². The fraction of sp³-hybridized carbons (Fsp3) is 0.179. The van der Waals surface area contributed by atoms with Crippen LogP contribution in [0, 0.1) is 5.92 Å². The first-order chi connectivity index (χ1) is 17.8. The first kappa shape index (κ1) is 25.3. The van der Waals surface area contributed by atoms with Crippen LogP contribution in [0.15, 0.2) is 66.7 Å². The molecule has 3 aromatic carbocycles. The highest BCUT2D eigenvalue weighted by Crippen LogP contribution is 2.31. The van der Waals surface area contributed by atoms with Crippen molar-refractivity contribution in [3.63, 3.8) is 0 Å². The highest BCUT2D eigenvalue weighted by molar-refractivity contribution is 6.30. The van der Waals surface area contributed by atoms with Crippen LogP contribution in [0.1, 0.15) is 50.2 Å². The summed E-state index contributed by atoms with van der Waals surface area (Å²) < 4.78 is 0. The molecule has 0 aromatic heterocycles. The summed E-state index contributed by atoms with van der Waals surface area (Å²) in [5.74, 6) is -5.00. The molecule has 1 aliphatic carbocycles. The molecule has 9 heteroatoms. The van der Waals surface area contributed by atoms with Gasteiger partial charge in [-0.25, -0.2) is 0 Å². The molecule has 0 bridgehead atoms. The number of carboxylic acid groups (broad SMARTS) is 2. The van der Waals surface area contributed by atoms with E-state index in [1.54, 1.807) is 66.7 Å². The second-order valence-corrected chi connectivity index (χ2v) is 8.64. The van der Waals surface area contributed by atoms with E-state index in [1.807, 2.05) is 0 Å². The fourth-order valence-corrected chi connectivity index (χ4v) is 4.23. The second kappa shape index (κ2) is 10.9. The Balaban J connectivity index is 1.30. The molecule has 0 unspecified atom stereocenters. The maximum absolute atomic E-state index is 13.1. The van der Waals surface area contributed by atoms with Crippen molar-refractivity contribution in [3.05, 3.63) is 94.5 Å². The summed E-state index contributed by atoms with van der Waals surface area (Å²) in [7, 11) is 0. The summed E-state index contributed by atoms with van der Waals surface area (Å²) in [6, 6.07) is 18.1. The zero-order valence-corrected chi connectivity index (χ0v) is 19.7. The van der Waals surface area contributed by atoms with Gasteiger partial charge in [-0.3, -0.25) is 24.0 Å². The number of aliphatic carboxylic acids is 2. The molecule has 0 fully saturated rings. The van der Waals surface area contributed by atoms with Gasteiger partial charge in [-0.2, -0.15) is 0 Å². The summed E-state index contributed by atoms with van der Waals surface area (Å²) >= 11 is 0. The minimum absolute atomic E-state index is 0.159. The molecule has 4 rings (SSSR count). The summed E-state index contributed by atoms with van der Waals surface area (Å²) in [6.45, 7) is 0.400. The molecule has 0 radical (unpaired) electrons. The van der Waals surface area contributed by atoms with E-state index in [9.17, 15) is 24.0 Å². The smallest absolute Gasteiger partial charge is 0.318 e. The Morgan fingerprint density at radius 1 is 0.757 bits per heavy atom. The maximum atomic E-state index is 13.1. The molecule has 1 aliphatic rings. The normalized spacial score (nSPS) is 12.0. The average molecular weight is 501 g/mol. The van der Waals surface area contributed by atoms with Gasteiger partial charge in [0.15, 0.2) is 17.5 Å². The zero-order valence-electron chi connectivity index (χ0n) is 19.7. The van der Waals surface area contributed by atoms with Gasteiger partial charge in [0, 0.05) is 41.0 Å². The van der Waals surface area contributed by atoms with Crippen LogP contribution >= 0.6 is 0 Å². The van der Waals surface area contributed by atoms with Crippen molar-refractivity contribution in [2.45, 2.75) is 19.3 Å². The molecule has 0 atom stereocenters. The number of anilines is 2.